The lowest BCUT2D eigenvalue weighted by Gasteiger charge is -2.51. The topological polar surface area (TPSA) is 26.3 Å². The third-order valence-electron chi connectivity index (χ3n) is 8.86. The van der Waals surface area contributed by atoms with Crippen LogP contribution in [0.1, 0.15) is 64.2 Å². The highest BCUT2D eigenvalue weighted by molar-refractivity contribution is 8.00. The average molecular weight is 439 g/mol. The molecule has 0 saturated heterocycles. The number of rotatable bonds is 3. The molecule has 1 aromatic carbocycles. The van der Waals surface area contributed by atoms with Crippen LogP contribution in [0.25, 0.3) is 0 Å². The standard InChI is InChI=1S/C17H22O2S.C11H16/c1-19-17(18)14-8-12-7-13(9-14)11-16(10-12)20-15-5-3-2-4-6-15;1-7-10-3-8-2-9(5-10)6-11(7)4-8/h2-6,12-14,16H,7-11H2,1H3;8-11H,1-6H2/t12-,13?,14?,16?;/m1./s1. The lowest BCUT2D eigenvalue weighted by Crippen LogP contribution is -2.39. The van der Waals surface area contributed by atoms with Crippen LogP contribution in [0.15, 0.2) is 47.4 Å². The van der Waals surface area contributed by atoms with Gasteiger partial charge in [-0.2, -0.15) is 0 Å². The Hall–Kier alpha value is -1.22. The number of hydrogen-bond donors (Lipinski definition) is 0. The van der Waals surface area contributed by atoms with Crippen molar-refractivity contribution in [2.75, 3.05) is 7.11 Å². The zero-order valence-corrected chi connectivity index (χ0v) is 19.8. The van der Waals surface area contributed by atoms with Gasteiger partial charge in [0, 0.05) is 10.1 Å². The average Bonchev–Trinajstić information content (AvgIpc) is 2.77. The third-order valence-corrected chi connectivity index (χ3v) is 10.1. The quantitative estimate of drug-likeness (QED) is 0.370. The van der Waals surface area contributed by atoms with Crippen LogP contribution in [0.4, 0.5) is 0 Å². The highest BCUT2D eigenvalue weighted by atomic mass is 32.2. The van der Waals surface area contributed by atoms with Crippen LogP contribution < -0.4 is 0 Å². The van der Waals surface area contributed by atoms with Gasteiger partial charge < -0.3 is 4.74 Å². The minimum absolute atomic E-state index is 0.00821. The van der Waals surface area contributed by atoms with Crippen LogP contribution in [-0.4, -0.2) is 18.3 Å². The monoisotopic (exact) mass is 438 g/mol. The second kappa shape index (κ2) is 9.33. The summed E-state index contributed by atoms with van der Waals surface area (Å²) in [6.45, 7) is 4.25. The van der Waals surface area contributed by atoms with Crippen molar-refractivity contribution in [3.05, 3.63) is 42.5 Å². The van der Waals surface area contributed by atoms with Crippen LogP contribution in [0, 0.1) is 41.4 Å². The smallest absolute Gasteiger partial charge is 0.308 e. The van der Waals surface area contributed by atoms with Gasteiger partial charge in [0.15, 0.2) is 0 Å². The summed E-state index contributed by atoms with van der Waals surface area (Å²) in [6, 6.07) is 10.7. The summed E-state index contributed by atoms with van der Waals surface area (Å²) in [4.78, 5) is 13.1. The van der Waals surface area contributed by atoms with Gasteiger partial charge in [0.25, 0.3) is 0 Å². The van der Waals surface area contributed by atoms with Gasteiger partial charge in [-0.05, 0) is 112 Å². The van der Waals surface area contributed by atoms with Crippen LogP contribution in [-0.2, 0) is 9.53 Å². The molecule has 7 rings (SSSR count). The van der Waals surface area contributed by atoms with Crippen LogP contribution in [0.3, 0.4) is 0 Å². The highest BCUT2D eigenvalue weighted by Crippen LogP contribution is 2.55. The predicted octanol–water partition coefficient (Wildman–Crippen LogP) is 7.15. The maximum atomic E-state index is 11.7. The number of carbonyl (C=O) groups excluding carboxylic acids is 1. The first-order valence-corrected chi connectivity index (χ1v) is 13.4. The van der Waals surface area contributed by atoms with E-state index in [9.17, 15) is 4.79 Å². The molecule has 3 heteroatoms. The molecule has 0 spiro atoms. The molecule has 31 heavy (non-hydrogen) atoms. The van der Waals surface area contributed by atoms with Gasteiger partial charge >= 0.3 is 5.97 Å². The SMILES string of the molecule is C=C1C2CC3CC(C2)CC1C3.COC(=O)C1CC2CC(Sc3ccccc3)C[C@H](C2)C1. The number of methoxy groups -OCH3 is 1. The van der Waals surface area contributed by atoms with Gasteiger partial charge in [-0.1, -0.05) is 30.4 Å². The lowest BCUT2D eigenvalue weighted by atomic mass is 9.54. The van der Waals surface area contributed by atoms with Gasteiger partial charge in [-0.25, -0.2) is 0 Å². The van der Waals surface area contributed by atoms with Crippen molar-refractivity contribution in [2.24, 2.45) is 41.4 Å². The lowest BCUT2D eigenvalue weighted by molar-refractivity contribution is -0.148. The zero-order chi connectivity index (χ0) is 21.4. The summed E-state index contributed by atoms with van der Waals surface area (Å²) >= 11 is 2.02. The number of hydrogen-bond acceptors (Lipinski definition) is 3. The Morgan fingerprint density at radius 1 is 0.806 bits per heavy atom. The van der Waals surface area contributed by atoms with Gasteiger partial charge in [-0.3, -0.25) is 4.79 Å². The van der Waals surface area contributed by atoms with Gasteiger partial charge in [0.05, 0.1) is 13.0 Å². The summed E-state index contributed by atoms with van der Waals surface area (Å²) in [7, 11) is 1.51. The molecule has 0 heterocycles. The molecular formula is C28H38O2S. The van der Waals surface area contributed by atoms with Crippen molar-refractivity contribution < 1.29 is 9.53 Å². The number of fused-ring (bicyclic) bond motifs is 2. The van der Waals surface area contributed by atoms with Crippen molar-refractivity contribution in [2.45, 2.75) is 74.4 Å². The fourth-order valence-electron chi connectivity index (χ4n) is 7.73. The van der Waals surface area contributed by atoms with E-state index in [2.05, 4.69) is 36.9 Å². The maximum absolute atomic E-state index is 11.7. The molecule has 6 fully saturated rings. The Labute approximate surface area is 192 Å². The van der Waals surface area contributed by atoms with E-state index in [-0.39, 0.29) is 11.9 Å². The van der Waals surface area contributed by atoms with Gasteiger partial charge in [0.2, 0.25) is 0 Å². The second-order valence-electron chi connectivity index (χ2n) is 11.1. The van der Waals surface area contributed by atoms with E-state index in [4.69, 9.17) is 4.74 Å². The Morgan fingerprint density at radius 3 is 1.84 bits per heavy atom. The van der Waals surface area contributed by atoms with Crippen molar-refractivity contribution in [1.82, 2.24) is 0 Å². The molecule has 0 aliphatic heterocycles. The molecule has 0 aromatic heterocycles. The number of benzene rings is 1. The molecular weight excluding hydrogens is 400 g/mol. The molecule has 1 aromatic rings. The summed E-state index contributed by atoms with van der Waals surface area (Å²) in [6.07, 6.45) is 13.4. The van der Waals surface area contributed by atoms with E-state index in [1.807, 2.05) is 11.8 Å². The Morgan fingerprint density at radius 2 is 1.32 bits per heavy atom. The first-order chi connectivity index (χ1) is 15.1. The molecule has 6 saturated carbocycles. The number of thioether (sulfide) groups is 1. The fourth-order valence-corrected chi connectivity index (χ4v) is 9.16. The molecule has 6 aliphatic rings. The van der Waals surface area contributed by atoms with Crippen LogP contribution in [0.5, 0.6) is 0 Å². The third kappa shape index (κ3) is 4.92. The van der Waals surface area contributed by atoms with Crippen LogP contribution >= 0.6 is 11.8 Å². The minimum atomic E-state index is 0.00821. The van der Waals surface area contributed by atoms with E-state index >= 15 is 0 Å². The van der Waals surface area contributed by atoms with E-state index in [1.54, 1.807) is 12.0 Å². The summed E-state index contributed by atoms with van der Waals surface area (Å²) in [5.74, 6) is 5.70. The largest absolute Gasteiger partial charge is 0.469 e. The molecule has 6 aliphatic carbocycles. The number of ether oxygens (including phenoxy) is 1. The number of allylic oxidation sites excluding steroid dienone is 1. The number of esters is 1. The van der Waals surface area contributed by atoms with Crippen molar-refractivity contribution in [3.63, 3.8) is 0 Å². The Bertz CT molecular complexity index is 743. The van der Waals surface area contributed by atoms with E-state index < -0.39 is 0 Å². The van der Waals surface area contributed by atoms with Gasteiger partial charge in [0.1, 0.15) is 0 Å². The highest BCUT2D eigenvalue weighted by Gasteiger charge is 2.44. The summed E-state index contributed by atoms with van der Waals surface area (Å²) in [5.41, 5.74) is 1.62. The normalized spacial score (nSPS) is 40.1. The zero-order valence-electron chi connectivity index (χ0n) is 19.0. The van der Waals surface area contributed by atoms with Crippen molar-refractivity contribution in [1.29, 1.82) is 0 Å². The summed E-state index contributed by atoms with van der Waals surface area (Å²) in [5, 5.41) is 0.722. The molecule has 4 atom stereocenters. The van der Waals surface area contributed by atoms with Crippen LogP contribution in [0.2, 0.25) is 0 Å². The molecule has 0 N–H and O–H groups in total. The Balaban J connectivity index is 0.000000155. The minimum Gasteiger partial charge on any atom is -0.469 e. The fraction of sp³-hybridized carbons (Fsp3) is 0.679. The molecule has 3 unspecified atom stereocenters. The first-order valence-electron chi connectivity index (χ1n) is 12.6. The number of carbonyl (C=O) groups is 1. The van der Waals surface area contributed by atoms with Gasteiger partial charge in [-0.15, -0.1) is 11.8 Å². The Kier molecular flexibility index (Phi) is 6.51. The molecule has 0 amide bonds. The molecule has 2 nitrogen and oxygen atoms in total. The van der Waals surface area contributed by atoms with Crippen molar-refractivity contribution in [3.8, 4) is 0 Å². The van der Waals surface area contributed by atoms with E-state index in [1.165, 1.54) is 57.0 Å². The molecule has 0 radical (unpaired) electrons. The summed E-state index contributed by atoms with van der Waals surface area (Å²) < 4.78 is 4.93. The molecule has 6 bridgehead atoms. The van der Waals surface area contributed by atoms with E-state index in [0.717, 1.165) is 41.8 Å². The maximum Gasteiger partial charge on any atom is 0.308 e. The molecule has 168 valence electrons. The van der Waals surface area contributed by atoms with Crippen molar-refractivity contribution >= 4 is 17.7 Å². The van der Waals surface area contributed by atoms with E-state index in [0.29, 0.717) is 11.8 Å². The first kappa shape index (κ1) is 21.6. The predicted molar refractivity (Wildman–Crippen MR) is 128 cm³/mol. The second-order valence-corrected chi connectivity index (χ2v) is 12.4.